The SMILES string of the molecule is CC/C=C/CC1C(=O)CCC1CCCCCC(=O)O. The van der Waals surface area contributed by atoms with E-state index in [-0.39, 0.29) is 12.3 Å². The molecule has 0 aromatic rings. The van der Waals surface area contributed by atoms with Gasteiger partial charge in [-0.15, -0.1) is 0 Å². The molecule has 0 spiro atoms. The first-order valence-corrected chi connectivity index (χ1v) is 7.54. The molecule has 0 bridgehead atoms. The Morgan fingerprint density at radius 1 is 1.32 bits per heavy atom. The van der Waals surface area contributed by atoms with Crippen LogP contribution in [0.2, 0.25) is 0 Å². The van der Waals surface area contributed by atoms with Gasteiger partial charge in [0.1, 0.15) is 5.78 Å². The molecular weight excluding hydrogens is 240 g/mol. The molecule has 0 aliphatic heterocycles. The predicted octanol–water partition coefficient (Wildman–Crippen LogP) is 3.97. The van der Waals surface area contributed by atoms with Gasteiger partial charge in [-0.25, -0.2) is 0 Å². The lowest BCUT2D eigenvalue weighted by Crippen LogP contribution is -2.14. The van der Waals surface area contributed by atoms with Gasteiger partial charge in [-0.2, -0.15) is 0 Å². The third-order valence-corrected chi connectivity index (χ3v) is 4.00. The molecule has 3 heteroatoms. The molecule has 1 N–H and O–H groups in total. The van der Waals surface area contributed by atoms with E-state index in [0.29, 0.717) is 11.7 Å². The second-order valence-corrected chi connectivity index (χ2v) is 5.48. The number of ketones is 1. The summed E-state index contributed by atoms with van der Waals surface area (Å²) in [7, 11) is 0. The van der Waals surface area contributed by atoms with E-state index in [1.807, 2.05) is 0 Å². The topological polar surface area (TPSA) is 54.4 Å². The summed E-state index contributed by atoms with van der Waals surface area (Å²) in [5, 5.41) is 8.57. The molecule has 0 saturated heterocycles. The maximum absolute atomic E-state index is 11.8. The molecule has 3 nitrogen and oxygen atoms in total. The fourth-order valence-corrected chi connectivity index (χ4v) is 2.92. The summed E-state index contributed by atoms with van der Waals surface area (Å²) < 4.78 is 0. The molecule has 2 atom stereocenters. The standard InChI is InChI=1S/C16H26O3/c1-2-3-5-9-14-13(11-12-15(14)17)8-6-4-7-10-16(18)19/h3,5,13-14H,2,4,6-12H2,1H3,(H,18,19)/b5-3+. The number of carbonyl (C=O) groups is 2. The summed E-state index contributed by atoms with van der Waals surface area (Å²) in [6, 6.07) is 0. The first kappa shape index (κ1) is 15.9. The van der Waals surface area contributed by atoms with Gasteiger partial charge in [0.2, 0.25) is 0 Å². The monoisotopic (exact) mass is 266 g/mol. The van der Waals surface area contributed by atoms with Crippen molar-refractivity contribution in [2.24, 2.45) is 11.8 Å². The molecule has 0 radical (unpaired) electrons. The van der Waals surface area contributed by atoms with Gasteiger partial charge in [0.15, 0.2) is 0 Å². The van der Waals surface area contributed by atoms with Crippen LogP contribution in [0.1, 0.15) is 64.7 Å². The molecule has 19 heavy (non-hydrogen) atoms. The minimum absolute atomic E-state index is 0.224. The molecule has 1 rings (SSSR count). The summed E-state index contributed by atoms with van der Waals surface area (Å²) in [4.78, 5) is 22.3. The van der Waals surface area contributed by atoms with Crippen molar-refractivity contribution in [2.75, 3.05) is 0 Å². The van der Waals surface area contributed by atoms with Crippen molar-refractivity contribution in [1.29, 1.82) is 0 Å². The van der Waals surface area contributed by atoms with Crippen molar-refractivity contribution in [3.8, 4) is 0 Å². The number of Topliss-reactive ketones (excluding diaryl/α,β-unsaturated/α-hetero) is 1. The fraction of sp³-hybridized carbons (Fsp3) is 0.750. The second kappa shape index (κ2) is 8.89. The zero-order valence-corrected chi connectivity index (χ0v) is 11.9. The number of carbonyl (C=O) groups excluding carboxylic acids is 1. The first-order valence-electron chi connectivity index (χ1n) is 7.54. The van der Waals surface area contributed by atoms with E-state index in [4.69, 9.17) is 5.11 Å². The molecule has 1 fully saturated rings. The van der Waals surface area contributed by atoms with Crippen molar-refractivity contribution >= 4 is 11.8 Å². The van der Waals surface area contributed by atoms with Gasteiger partial charge >= 0.3 is 5.97 Å². The van der Waals surface area contributed by atoms with Crippen LogP contribution in [0.3, 0.4) is 0 Å². The van der Waals surface area contributed by atoms with Crippen LogP contribution in [-0.2, 0) is 9.59 Å². The van der Waals surface area contributed by atoms with Crippen LogP contribution >= 0.6 is 0 Å². The Morgan fingerprint density at radius 3 is 2.79 bits per heavy atom. The minimum Gasteiger partial charge on any atom is -0.481 e. The lowest BCUT2D eigenvalue weighted by molar-refractivity contribution is -0.137. The summed E-state index contributed by atoms with van der Waals surface area (Å²) in [5.41, 5.74) is 0. The highest BCUT2D eigenvalue weighted by molar-refractivity contribution is 5.83. The van der Waals surface area contributed by atoms with E-state index in [2.05, 4.69) is 19.1 Å². The number of rotatable bonds is 9. The summed E-state index contributed by atoms with van der Waals surface area (Å²) in [6.45, 7) is 2.10. The first-order chi connectivity index (χ1) is 9.15. The lowest BCUT2D eigenvalue weighted by atomic mass is 9.88. The Balaban J connectivity index is 2.25. The van der Waals surface area contributed by atoms with Crippen molar-refractivity contribution in [1.82, 2.24) is 0 Å². The van der Waals surface area contributed by atoms with Gasteiger partial charge in [0.05, 0.1) is 0 Å². The Hall–Kier alpha value is -1.12. The average Bonchev–Trinajstić information content (AvgIpc) is 2.71. The summed E-state index contributed by atoms with van der Waals surface area (Å²) in [6.07, 6.45) is 12.1. The highest BCUT2D eigenvalue weighted by Gasteiger charge is 2.32. The summed E-state index contributed by atoms with van der Waals surface area (Å²) in [5.74, 6) is 0.469. The van der Waals surface area contributed by atoms with Crippen LogP contribution < -0.4 is 0 Å². The molecule has 1 aliphatic carbocycles. The minimum atomic E-state index is -0.710. The number of unbranched alkanes of at least 4 members (excludes halogenated alkanes) is 2. The molecule has 1 saturated carbocycles. The second-order valence-electron chi connectivity index (χ2n) is 5.48. The number of aliphatic carboxylic acids is 1. The van der Waals surface area contributed by atoms with E-state index < -0.39 is 5.97 Å². The number of hydrogen-bond donors (Lipinski definition) is 1. The highest BCUT2D eigenvalue weighted by Crippen LogP contribution is 2.35. The molecule has 2 unspecified atom stereocenters. The lowest BCUT2D eigenvalue weighted by Gasteiger charge is -2.16. The van der Waals surface area contributed by atoms with E-state index in [1.165, 1.54) is 0 Å². The van der Waals surface area contributed by atoms with Gasteiger partial charge in [-0.1, -0.05) is 31.9 Å². The van der Waals surface area contributed by atoms with Crippen molar-refractivity contribution in [3.63, 3.8) is 0 Å². The third-order valence-electron chi connectivity index (χ3n) is 4.00. The van der Waals surface area contributed by atoms with Crippen molar-refractivity contribution < 1.29 is 14.7 Å². The van der Waals surface area contributed by atoms with Crippen LogP contribution in [-0.4, -0.2) is 16.9 Å². The largest absolute Gasteiger partial charge is 0.481 e. The Labute approximate surface area is 116 Å². The Morgan fingerprint density at radius 2 is 2.11 bits per heavy atom. The molecule has 0 aromatic carbocycles. The highest BCUT2D eigenvalue weighted by atomic mass is 16.4. The van der Waals surface area contributed by atoms with Crippen molar-refractivity contribution in [2.45, 2.75) is 64.7 Å². The van der Waals surface area contributed by atoms with Gasteiger partial charge < -0.3 is 5.11 Å². The maximum Gasteiger partial charge on any atom is 0.303 e. The molecule has 1 aliphatic rings. The Bertz CT molecular complexity index is 320. The maximum atomic E-state index is 11.8. The molecule has 0 heterocycles. The van der Waals surface area contributed by atoms with Crippen LogP contribution in [0.5, 0.6) is 0 Å². The molecular formula is C16H26O3. The molecule has 108 valence electrons. The average molecular weight is 266 g/mol. The van der Waals surface area contributed by atoms with E-state index in [0.717, 1.165) is 51.4 Å². The number of allylic oxidation sites excluding steroid dienone is 2. The van der Waals surface area contributed by atoms with Crippen LogP contribution in [0.25, 0.3) is 0 Å². The normalized spacial score (nSPS) is 23.3. The van der Waals surface area contributed by atoms with Gasteiger partial charge in [0.25, 0.3) is 0 Å². The summed E-state index contributed by atoms with van der Waals surface area (Å²) >= 11 is 0. The number of carboxylic acid groups (broad SMARTS) is 1. The van der Waals surface area contributed by atoms with Crippen LogP contribution in [0, 0.1) is 11.8 Å². The van der Waals surface area contributed by atoms with Gasteiger partial charge in [-0.05, 0) is 38.0 Å². The molecule has 0 aromatic heterocycles. The zero-order valence-electron chi connectivity index (χ0n) is 11.9. The quantitative estimate of drug-likeness (QED) is 0.507. The number of carboxylic acids is 1. The van der Waals surface area contributed by atoms with Crippen molar-refractivity contribution in [3.05, 3.63) is 12.2 Å². The van der Waals surface area contributed by atoms with Crippen LogP contribution in [0.4, 0.5) is 0 Å². The smallest absolute Gasteiger partial charge is 0.303 e. The zero-order chi connectivity index (χ0) is 14.1. The third kappa shape index (κ3) is 6.04. The van der Waals surface area contributed by atoms with E-state index >= 15 is 0 Å². The predicted molar refractivity (Wildman–Crippen MR) is 76.0 cm³/mol. The van der Waals surface area contributed by atoms with Crippen LogP contribution in [0.15, 0.2) is 12.2 Å². The van der Waals surface area contributed by atoms with Gasteiger partial charge in [-0.3, -0.25) is 9.59 Å². The Kier molecular flexibility index (Phi) is 7.46. The molecule has 0 amide bonds. The van der Waals surface area contributed by atoms with Gasteiger partial charge in [0, 0.05) is 18.8 Å². The van der Waals surface area contributed by atoms with E-state index in [9.17, 15) is 9.59 Å². The van der Waals surface area contributed by atoms with E-state index in [1.54, 1.807) is 0 Å². The number of hydrogen-bond acceptors (Lipinski definition) is 2. The fourth-order valence-electron chi connectivity index (χ4n) is 2.92.